The van der Waals surface area contributed by atoms with Gasteiger partial charge in [0.2, 0.25) is 0 Å². The lowest BCUT2D eigenvalue weighted by Gasteiger charge is -2.34. The summed E-state index contributed by atoms with van der Waals surface area (Å²) < 4.78 is 23.6. The molecule has 0 unspecified atom stereocenters. The van der Waals surface area contributed by atoms with Crippen LogP contribution < -0.4 is 10.2 Å². The highest BCUT2D eigenvalue weighted by Crippen LogP contribution is 2.25. The molecule has 1 amide bonds. The number of piperidine rings is 1. The van der Waals surface area contributed by atoms with Crippen LogP contribution >= 0.6 is 0 Å². The normalized spacial score (nSPS) is 15.4. The maximum Gasteiger partial charge on any atom is 0.255 e. The molecule has 30 heavy (non-hydrogen) atoms. The van der Waals surface area contributed by atoms with Gasteiger partial charge in [0.05, 0.1) is 4.90 Å². The summed E-state index contributed by atoms with van der Waals surface area (Å²) in [6, 6.07) is 12.5. The first-order valence-electron chi connectivity index (χ1n) is 10.3. The number of amides is 1. The Morgan fingerprint density at radius 2 is 1.73 bits per heavy atom. The van der Waals surface area contributed by atoms with Crippen LogP contribution in [0.3, 0.4) is 0 Å². The van der Waals surface area contributed by atoms with Crippen molar-refractivity contribution in [2.75, 3.05) is 50.2 Å². The number of nitrogens with zero attached hydrogens (tertiary/aromatic N) is 2. The van der Waals surface area contributed by atoms with E-state index in [-0.39, 0.29) is 10.8 Å². The molecular weight excluding hydrogens is 398 g/mol. The lowest BCUT2D eigenvalue weighted by molar-refractivity contribution is 0.102. The molecule has 1 saturated heterocycles. The molecular formula is C23H31N3O3S. The van der Waals surface area contributed by atoms with Crippen LogP contribution in [0, 0.1) is 12.8 Å². The van der Waals surface area contributed by atoms with Gasteiger partial charge < -0.3 is 15.1 Å². The molecule has 0 spiro atoms. The highest BCUT2D eigenvalue weighted by atomic mass is 32.2. The van der Waals surface area contributed by atoms with Gasteiger partial charge in [-0.15, -0.1) is 0 Å². The molecule has 2 aromatic carbocycles. The maximum absolute atomic E-state index is 12.7. The summed E-state index contributed by atoms with van der Waals surface area (Å²) >= 11 is 0. The first kappa shape index (κ1) is 22.3. The Bertz CT molecular complexity index is 993. The number of nitrogens with one attached hydrogen (secondary N) is 1. The average Bonchev–Trinajstić information content (AvgIpc) is 2.68. The Labute approximate surface area is 179 Å². The maximum atomic E-state index is 12.7. The van der Waals surface area contributed by atoms with E-state index in [4.69, 9.17) is 0 Å². The molecule has 0 bridgehead atoms. The zero-order valence-electron chi connectivity index (χ0n) is 18.2. The van der Waals surface area contributed by atoms with Crippen LogP contribution in [-0.4, -0.2) is 59.2 Å². The second-order valence-electron chi connectivity index (χ2n) is 8.44. The second-order valence-corrected chi connectivity index (χ2v) is 10.5. The van der Waals surface area contributed by atoms with Crippen LogP contribution in [-0.2, 0) is 9.84 Å². The van der Waals surface area contributed by atoms with E-state index in [1.54, 1.807) is 13.0 Å². The topological polar surface area (TPSA) is 69.7 Å². The third kappa shape index (κ3) is 5.61. The summed E-state index contributed by atoms with van der Waals surface area (Å²) in [6.07, 6.45) is 3.51. The number of sulfone groups is 1. The molecule has 1 aliphatic heterocycles. The van der Waals surface area contributed by atoms with Crippen LogP contribution in [0.1, 0.15) is 28.8 Å². The minimum Gasteiger partial charge on any atom is -0.372 e. The third-order valence-electron chi connectivity index (χ3n) is 5.61. The Hall–Kier alpha value is -2.38. The Morgan fingerprint density at radius 1 is 1.10 bits per heavy atom. The van der Waals surface area contributed by atoms with E-state index in [0.717, 1.165) is 43.1 Å². The SMILES string of the molecule is Cc1ccc(S(C)(=O)=O)cc1C(=O)Nc1ccc(N2CCC(CN(C)C)CC2)cc1. The molecule has 1 aliphatic rings. The van der Waals surface area contributed by atoms with Gasteiger partial charge in [-0.05, 0) is 81.7 Å². The number of aryl methyl sites for hydroxylation is 1. The minimum absolute atomic E-state index is 0.145. The number of hydrogen-bond donors (Lipinski definition) is 1. The van der Waals surface area contributed by atoms with Crippen molar-refractivity contribution in [1.82, 2.24) is 4.90 Å². The fraction of sp³-hybridized carbons (Fsp3) is 0.435. The van der Waals surface area contributed by atoms with Gasteiger partial charge in [-0.25, -0.2) is 8.42 Å². The summed E-state index contributed by atoms with van der Waals surface area (Å²) in [4.78, 5) is 17.5. The lowest BCUT2D eigenvalue weighted by Crippen LogP contribution is -2.37. The van der Waals surface area contributed by atoms with Crippen molar-refractivity contribution in [3.63, 3.8) is 0 Å². The summed E-state index contributed by atoms with van der Waals surface area (Å²) in [7, 11) is 0.881. The number of hydrogen-bond acceptors (Lipinski definition) is 5. The molecule has 1 fully saturated rings. The first-order valence-corrected chi connectivity index (χ1v) is 12.1. The second kappa shape index (κ2) is 9.18. The highest BCUT2D eigenvalue weighted by molar-refractivity contribution is 7.90. The Balaban J connectivity index is 1.65. The van der Waals surface area contributed by atoms with Crippen molar-refractivity contribution >= 4 is 27.1 Å². The zero-order chi connectivity index (χ0) is 21.9. The van der Waals surface area contributed by atoms with Crippen LogP contribution in [0.2, 0.25) is 0 Å². The van der Waals surface area contributed by atoms with Crippen molar-refractivity contribution in [3.8, 4) is 0 Å². The van der Waals surface area contributed by atoms with Crippen molar-refractivity contribution in [2.45, 2.75) is 24.7 Å². The van der Waals surface area contributed by atoms with Gasteiger partial charge in [-0.2, -0.15) is 0 Å². The van der Waals surface area contributed by atoms with E-state index in [9.17, 15) is 13.2 Å². The van der Waals surface area contributed by atoms with Crippen molar-refractivity contribution in [2.24, 2.45) is 5.92 Å². The van der Waals surface area contributed by atoms with Gasteiger partial charge in [0.15, 0.2) is 9.84 Å². The molecule has 162 valence electrons. The van der Waals surface area contributed by atoms with Crippen molar-refractivity contribution < 1.29 is 13.2 Å². The molecule has 1 heterocycles. The fourth-order valence-electron chi connectivity index (χ4n) is 3.92. The smallest absolute Gasteiger partial charge is 0.255 e. The van der Waals surface area contributed by atoms with E-state index in [1.165, 1.54) is 25.0 Å². The predicted octanol–water partition coefficient (Wildman–Crippen LogP) is 3.43. The van der Waals surface area contributed by atoms with E-state index < -0.39 is 9.84 Å². The summed E-state index contributed by atoms with van der Waals surface area (Å²) in [5, 5.41) is 2.88. The van der Waals surface area contributed by atoms with E-state index >= 15 is 0 Å². The number of anilines is 2. The molecule has 2 aromatic rings. The monoisotopic (exact) mass is 429 g/mol. The van der Waals surface area contributed by atoms with Crippen LogP contribution in [0.4, 0.5) is 11.4 Å². The van der Waals surface area contributed by atoms with Gasteiger partial charge in [-0.3, -0.25) is 4.79 Å². The number of benzene rings is 2. The van der Waals surface area contributed by atoms with Crippen LogP contribution in [0.5, 0.6) is 0 Å². The molecule has 0 radical (unpaired) electrons. The number of carbonyl (C=O) groups is 1. The molecule has 0 saturated carbocycles. The highest BCUT2D eigenvalue weighted by Gasteiger charge is 2.20. The van der Waals surface area contributed by atoms with Gasteiger partial charge in [-0.1, -0.05) is 6.07 Å². The van der Waals surface area contributed by atoms with Gasteiger partial charge in [0, 0.05) is 42.8 Å². The molecule has 7 heteroatoms. The predicted molar refractivity (Wildman–Crippen MR) is 122 cm³/mol. The molecule has 0 aromatic heterocycles. The zero-order valence-corrected chi connectivity index (χ0v) is 19.0. The quantitative estimate of drug-likeness (QED) is 0.762. The van der Waals surface area contributed by atoms with Crippen molar-refractivity contribution in [3.05, 3.63) is 53.6 Å². The van der Waals surface area contributed by atoms with E-state index in [0.29, 0.717) is 11.3 Å². The summed E-state index contributed by atoms with van der Waals surface area (Å²) in [6.45, 7) is 5.02. The van der Waals surface area contributed by atoms with Crippen LogP contribution in [0.25, 0.3) is 0 Å². The van der Waals surface area contributed by atoms with Gasteiger partial charge in [0.25, 0.3) is 5.91 Å². The fourth-order valence-corrected chi connectivity index (χ4v) is 4.57. The third-order valence-corrected chi connectivity index (χ3v) is 6.72. The average molecular weight is 430 g/mol. The largest absolute Gasteiger partial charge is 0.372 e. The van der Waals surface area contributed by atoms with E-state index in [2.05, 4.69) is 29.2 Å². The summed E-state index contributed by atoms with van der Waals surface area (Å²) in [5.41, 5.74) is 2.95. The first-order chi connectivity index (χ1) is 14.1. The van der Waals surface area contributed by atoms with Crippen molar-refractivity contribution in [1.29, 1.82) is 0 Å². The van der Waals surface area contributed by atoms with E-state index in [1.807, 2.05) is 24.3 Å². The standard InChI is InChI=1S/C23H31N3O3S/c1-17-5-10-21(30(4,28)29)15-22(17)23(27)24-19-6-8-20(9-7-19)26-13-11-18(12-14-26)16-25(2)3/h5-10,15,18H,11-14,16H2,1-4H3,(H,24,27). The van der Waals surface area contributed by atoms with Crippen LogP contribution in [0.15, 0.2) is 47.4 Å². The van der Waals surface area contributed by atoms with Gasteiger partial charge in [0.1, 0.15) is 0 Å². The lowest BCUT2D eigenvalue weighted by atomic mass is 9.96. The summed E-state index contributed by atoms with van der Waals surface area (Å²) in [5.74, 6) is 0.441. The molecule has 6 nitrogen and oxygen atoms in total. The Morgan fingerprint density at radius 3 is 2.30 bits per heavy atom. The molecule has 0 aliphatic carbocycles. The number of rotatable bonds is 6. The van der Waals surface area contributed by atoms with Gasteiger partial charge >= 0.3 is 0 Å². The number of carbonyl (C=O) groups excluding carboxylic acids is 1. The molecule has 0 atom stereocenters. The molecule has 1 N–H and O–H groups in total. The molecule has 3 rings (SSSR count). The Kier molecular flexibility index (Phi) is 6.83. The minimum atomic E-state index is -3.37.